The summed E-state index contributed by atoms with van der Waals surface area (Å²) in [5.74, 6) is -0.376. The summed E-state index contributed by atoms with van der Waals surface area (Å²) in [5.41, 5.74) is 7.97. The number of carbonyl (C=O) groups excluding carboxylic acids is 1. The lowest BCUT2D eigenvalue weighted by atomic mass is 9.77. The number of hydrogen-bond donors (Lipinski definition) is 0. The average Bonchev–Trinajstić information content (AvgIpc) is 3.59. The maximum atomic E-state index is 12.0. The molecule has 0 unspecified atom stereocenters. The van der Waals surface area contributed by atoms with E-state index in [-0.39, 0.29) is 5.97 Å². The molecule has 222 valence electrons. The third kappa shape index (κ3) is 5.16. The molecule has 0 spiro atoms. The van der Waals surface area contributed by atoms with E-state index in [1.807, 2.05) is 54.6 Å². The zero-order valence-electron chi connectivity index (χ0n) is 25.2. The van der Waals surface area contributed by atoms with Crippen LogP contribution in [0.15, 0.2) is 164 Å². The molecule has 0 saturated carbocycles. The number of carbonyl (C=O) groups is 1. The second-order valence-corrected chi connectivity index (χ2v) is 10.9. The minimum atomic E-state index is -0.787. The Labute approximate surface area is 267 Å². The lowest BCUT2D eigenvalue weighted by molar-refractivity contribution is 0.0600. The molecule has 3 aromatic heterocycles. The molecule has 0 atom stereocenters. The first-order valence-electron chi connectivity index (χ1n) is 15.0. The van der Waals surface area contributed by atoms with E-state index < -0.39 is 5.54 Å². The van der Waals surface area contributed by atoms with E-state index in [0.717, 1.165) is 50.5 Å². The molecule has 0 N–H and O–H groups in total. The maximum Gasteiger partial charge on any atom is 0.337 e. The van der Waals surface area contributed by atoms with E-state index in [0.29, 0.717) is 5.56 Å². The lowest BCUT2D eigenvalue weighted by Gasteiger charge is -2.36. The minimum absolute atomic E-state index is 0.376. The van der Waals surface area contributed by atoms with Gasteiger partial charge < -0.3 is 4.74 Å². The molecule has 7 rings (SSSR count). The number of benzene rings is 4. The number of aromatic nitrogens is 4. The number of pyridine rings is 2. The van der Waals surface area contributed by atoms with Crippen molar-refractivity contribution in [2.24, 2.45) is 0 Å². The summed E-state index contributed by atoms with van der Waals surface area (Å²) in [6.45, 7) is 0. The van der Waals surface area contributed by atoms with Crippen LogP contribution in [0.5, 0.6) is 0 Å². The van der Waals surface area contributed by atoms with Gasteiger partial charge in [-0.25, -0.2) is 4.79 Å². The summed E-state index contributed by atoms with van der Waals surface area (Å²) in [5, 5.41) is 5.38. The Morgan fingerprint density at radius 2 is 1.17 bits per heavy atom. The molecular weight excluding hydrogens is 568 g/mol. The van der Waals surface area contributed by atoms with Crippen molar-refractivity contribution in [1.82, 2.24) is 19.7 Å². The fourth-order valence-corrected chi connectivity index (χ4v) is 6.03. The third-order valence-corrected chi connectivity index (χ3v) is 8.21. The van der Waals surface area contributed by atoms with Crippen molar-refractivity contribution >= 4 is 5.97 Å². The summed E-state index contributed by atoms with van der Waals surface area (Å²) in [6.07, 6.45) is 5.71. The lowest BCUT2D eigenvalue weighted by Crippen LogP contribution is -2.38. The Kier molecular flexibility index (Phi) is 7.75. The number of hydrogen-bond acceptors (Lipinski definition) is 5. The van der Waals surface area contributed by atoms with Crippen LogP contribution in [0.25, 0.3) is 33.8 Å². The quantitative estimate of drug-likeness (QED) is 0.130. The van der Waals surface area contributed by atoms with Gasteiger partial charge >= 0.3 is 5.97 Å². The summed E-state index contributed by atoms with van der Waals surface area (Å²) >= 11 is 0. The number of esters is 1. The fraction of sp³-hybridized carbons (Fsp3) is 0.0500. The number of rotatable bonds is 8. The Morgan fingerprint density at radius 3 is 1.72 bits per heavy atom. The molecule has 0 aliphatic heterocycles. The molecule has 0 bridgehead atoms. The molecule has 0 aliphatic rings. The Hall–Kier alpha value is -6.14. The molecule has 0 aliphatic carbocycles. The largest absolute Gasteiger partial charge is 0.465 e. The fourth-order valence-electron chi connectivity index (χ4n) is 6.03. The van der Waals surface area contributed by atoms with Crippen molar-refractivity contribution in [3.8, 4) is 33.8 Å². The van der Waals surface area contributed by atoms with E-state index in [2.05, 4.69) is 94.7 Å². The molecular formula is C40H30N4O2. The van der Waals surface area contributed by atoms with Crippen LogP contribution in [-0.4, -0.2) is 32.8 Å². The van der Waals surface area contributed by atoms with Crippen LogP contribution in [-0.2, 0) is 10.3 Å². The Balaban J connectivity index is 1.47. The predicted molar refractivity (Wildman–Crippen MR) is 180 cm³/mol. The molecule has 7 aromatic rings. The molecule has 0 fully saturated rings. The highest BCUT2D eigenvalue weighted by Crippen LogP contribution is 2.43. The number of ether oxygens (including phenoxy) is 1. The van der Waals surface area contributed by atoms with Crippen LogP contribution >= 0.6 is 0 Å². The van der Waals surface area contributed by atoms with E-state index >= 15 is 0 Å². The highest BCUT2D eigenvalue weighted by Gasteiger charge is 2.40. The average molecular weight is 599 g/mol. The van der Waals surface area contributed by atoms with Gasteiger partial charge in [0.05, 0.1) is 24.1 Å². The van der Waals surface area contributed by atoms with Gasteiger partial charge in [0.2, 0.25) is 0 Å². The molecule has 3 heterocycles. The topological polar surface area (TPSA) is 69.9 Å². The van der Waals surface area contributed by atoms with E-state index in [4.69, 9.17) is 14.8 Å². The Morgan fingerprint density at radius 1 is 0.609 bits per heavy atom. The Bertz CT molecular complexity index is 1980. The molecule has 0 saturated heterocycles. The molecule has 6 heteroatoms. The van der Waals surface area contributed by atoms with Crippen molar-refractivity contribution < 1.29 is 9.53 Å². The predicted octanol–water partition coefficient (Wildman–Crippen LogP) is 8.30. The molecule has 46 heavy (non-hydrogen) atoms. The van der Waals surface area contributed by atoms with Crippen molar-refractivity contribution in [2.45, 2.75) is 5.54 Å². The van der Waals surface area contributed by atoms with Crippen molar-refractivity contribution in [1.29, 1.82) is 0 Å². The van der Waals surface area contributed by atoms with Gasteiger partial charge in [-0.3, -0.25) is 14.6 Å². The van der Waals surface area contributed by atoms with Gasteiger partial charge in [0.1, 0.15) is 11.2 Å². The van der Waals surface area contributed by atoms with Crippen LogP contribution < -0.4 is 0 Å². The molecule has 0 amide bonds. The molecule has 4 aromatic carbocycles. The normalized spacial score (nSPS) is 11.2. The van der Waals surface area contributed by atoms with Crippen LogP contribution in [0.2, 0.25) is 0 Å². The minimum Gasteiger partial charge on any atom is -0.465 e. The van der Waals surface area contributed by atoms with Crippen LogP contribution in [0.3, 0.4) is 0 Å². The van der Waals surface area contributed by atoms with Crippen LogP contribution in [0.1, 0.15) is 27.0 Å². The van der Waals surface area contributed by atoms with Gasteiger partial charge in [-0.05, 0) is 58.7 Å². The smallest absolute Gasteiger partial charge is 0.337 e. The standard InChI is InChI=1S/C40H30N4O2/c1-46-39(45)30-22-20-29(21-23-30)37-27-31(24-26-42-37)35-28-44(43-38(35)36-19-11-12-25-41-36)40(32-13-5-2-6-14-32,33-15-7-3-8-16-33)34-17-9-4-10-18-34/h2-28H,1H3. The summed E-state index contributed by atoms with van der Waals surface area (Å²) in [4.78, 5) is 21.4. The van der Waals surface area contributed by atoms with Crippen molar-refractivity contribution in [3.05, 3.63) is 186 Å². The van der Waals surface area contributed by atoms with Gasteiger partial charge in [-0.1, -0.05) is 109 Å². The zero-order chi connectivity index (χ0) is 31.3. The monoisotopic (exact) mass is 598 g/mol. The van der Waals surface area contributed by atoms with E-state index in [9.17, 15) is 4.79 Å². The summed E-state index contributed by atoms with van der Waals surface area (Å²) in [7, 11) is 1.38. The highest BCUT2D eigenvalue weighted by atomic mass is 16.5. The van der Waals surface area contributed by atoms with Crippen molar-refractivity contribution in [3.63, 3.8) is 0 Å². The van der Waals surface area contributed by atoms with Crippen LogP contribution in [0, 0.1) is 0 Å². The zero-order valence-corrected chi connectivity index (χ0v) is 25.2. The number of methoxy groups -OCH3 is 1. The maximum absolute atomic E-state index is 12.0. The third-order valence-electron chi connectivity index (χ3n) is 8.21. The number of nitrogens with zero attached hydrogens (tertiary/aromatic N) is 4. The molecule has 6 nitrogen and oxygen atoms in total. The second-order valence-electron chi connectivity index (χ2n) is 10.9. The van der Waals surface area contributed by atoms with Gasteiger partial charge in [-0.2, -0.15) is 5.10 Å². The second kappa shape index (κ2) is 12.5. The first kappa shape index (κ1) is 28.6. The van der Waals surface area contributed by atoms with Crippen molar-refractivity contribution in [2.75, 3.05) is 7.11 Å². The first-order valence-corrected chi connectivity index (χ1v) is 15.0. The van der Waals surface area contributed by atoms with Crippen LogP contribution in [0.4, 0.5) is 0 Å². The van der Waals surface area contributed by atoms with Gasteiger partial charge in [-0.15, -0.1) is 0 Å². The first-order chi connectivity index (χ1) is 22.7. The van der Waals surface area contributed by atoms with E-state index in [1.165, 1.54) is 7.11 Å². The molecule has 0 radical (unpaired) electrons. The van der Waals surface area contributed by atoms with Gasteiger partial charge in [0.15, 0.2) is 0 Å². The summed E-state index contributed by atoms with van der Waals surface area (Å²) in [6, 6.07) is 48.7. The van der Waals surface area contributed by atoms with Gasteiger partial charge in [0.25, 0.3) is 0 Å². The SMILES string of the molecule is COC(=O)c1ccc(-c2cc(-c3cn(C(c4ccccc4)(c4ccccc4)c4ccccc4)nc3-c3ccccn3)ccn2)cc1. The van der Waals surface area contributed by atoms with E-state index in [1.54, 1.807) is 24.5 Å². The van der Waals surface area contributed by atoms with Gasteiger partial charge in [0, 0.05) is 29.7 Å². The highest BCUT2D eigenvalue weighted by molar-refractivity contribution is 5.90. The summed E-state index contributed by atoms with van der Waals surface area (Å²) < 4.78 is 6.95.